The van der Waals surface area contributed by atoms with Crippen LogP contribution in [0.4, 0.5) is 17.1 Å². The fourth-order valence-corrected chi connectivity index (χ4v) is 9.75. The Hall–Kier alpha value is -4.46. The summed E-state index contributed by atoms with van der Waals surface area (Å²) in [5, 5.41) is 7.41. The molecule has 0 bridgehead atoms. The first-order valence-electron chi connectivity index (χ1n) is 20.8. The highest BCUT2D eigenvalue weighted by atomic mass is 35.5. The number of anilines is 2. The first-order valence-corrected chi connectivity index (χ1v) is 23.1. The molecule has 6 aromatic carbocycles. The van der Waals surface area contributed by atoms with Crippen LogP contribution in [0.5, 0.6) is 0 Å². The number of aliphatic imine (C=N–C) groups is 1. The van der Waals surface area contributed by atoms with E-state index in [1.165, 1.54) is 22.3 Å². The number of rotatable bonds is 9. The van der Waals surface area contributed by atoms with Crippen LogP contribution in [0.2, 0.25) is 30.1 Å². The predicted octanol–water partition coefficient (Wildman–Crippen LogP) is 13.3. The predicted molar refractivity (Wildman–Crippen MR) is 265 cm³/mol. The van der Waals surface area contributed by atoms with Crippen LogP contribution in [-0.4, -0.2) is 68.0 Å². The Morgan fingerprint density at radius 2 is 0.984 bits per heavy atom. The third kappa shape index (κ3) is 11.4. The van der Waals surface area contributed by atoms with Crippen molar-refractivity contribution in [1.82, 2.24) is 15.1 Å². The van der Waals surface area contributed by atoms with Gasteiger partial charge in [0.15, 0.2) is 5.69 Å². The standard InChI is InChI=1S/C26H25Cl3N4.C24H20Cl3N3/c27-21-7-5-19(6-8-21)25-17-32(13-14-33(25)24-10-9-22(28)15-23(24)29)16-18-1-3-20(4-2-18)26-30-11-12-31-26;1-28-21-9-2-17(3-10-21)15-29-12-13-30(23-11-8-20(26)14-22(23)27)24(16-29)18-4-6-19(25)7-5-18/h1-10,15,25H,11-14,16-17H2,(H,30,31);2-11,14,24H,12-13,15-16H2/t25-;24-/m00/s1. The summed E-state index contributed by atoms with van der Waals surface area (Å²) >= 11 is 37.7. The fraction of sp³-hybridized carbons (Fsp3) is 0.240. The highest BCUT2D eigenvalue weighted by Gasteiger charge is 2.31. The monoisotopic (exact) mass is 953 g/mol. The molecule has 3 heterocycles. The zero-order chi connectivity index (χ0) is 43.9. The Bertz CT molecular complexity index is 2560. The summed E-state index contributed by atoms with van der Waals surface area (Å²) < 4.78 is 0. The summed E-state index contributed by atoms with van der Waals surface area (Å²) in [7, 11) is 0. The SMILES string of the molecule is Clc1ccc([C@@H]2CN(Cc3ccc(C4=NCCN4)cc3)CCN2c2ccc(Cl)cc2Cl)cc1.[C-]#[N+]c1ccc(CN2CCN(c3ccc(Cl)cc3Cl)[C@H](c3ccc(Cl)cc3)C2)cc1. The minimum absolute atomic E-state index is 0.136. The van der Waals surface area contributed by atoms with E-state index >= 15 is 0 Å². The Morgan fingerprint density at radius 1 is 0.540 bits per heavy atom. The molecule has 0 saturated carbocycles. The summed E-state index contributed by atoms with van der Waals surface area (Å²) in [6.45, 7) is 15.9. The van der Waals surface area contributed by atoms with Crippen molar-refractivity contribution in [2.45, 2.75) is 25.2 Å². The van der Waals surface area contributed by atoms with Crippen LogP contribution in [0.3, 0.4) is 0 Å². The van der Waals surface area contributed by atoms with Crippen LogP contribution in [0.1, 0.15) is 39.9 Å². The normalized spacial score (nSPS) is 18.0. The maximum absolute atomic E-state index is 7.12. The molecule has 0 unspecified atom stereocenters. The molecule has 322 valence electrons. The third-order valence-corrected chi connectivity index (χ3v) is 13.2. The molecule has 2 atom stereocenters. The van der Waals surface area contributed by atoms with Gasteiger partial charge in [0.25, 0.3) is 0 Å². The molecule has 2 saturated heterocycles. The van der Waals surface area contributed by atoms with Gasteiger partial charge < -0.3 is 15.1 Å². The zero-order valence-electron chi connectivity index (χ0n) is 34.4. The molecule has 1 N–H and O–H groups in total. The number of hydrogen-bond donors (Lipinski definition) is 1. The molecule has 63 heavy (non-hydrogen) atoms. The molecule has 0 aromatic heterocycles. The maximum atomic E-state index is 7.12. The molecule has 9 rings (SSSR count). The largest absolute Gasteiger partial charge is 0.368 e. The molecule has 0 aliphatic carbocycles. The average molecular weight is 957 g/mol. The van der Waals surface area contributed by atoms with E-state index in [9.17, 15) is 0 Å². The van der Waals surface area contributed by atoms with Crippen molar-refractivity contribution in [3.63, 3.8) is 0 Å². The summed E-state index contributed by atoms with van der Waals surface area (Å²) in [5.41, 5.74) is 8.73. The molecule has 13 heteroatoms. The van der Waals surface area contributed by atoms with Crippen LogP contribution in [-0.2, 0) is 13.1 Å². The van der Waals surface area contributed by atoms with E-state index in [1.54, 1.807) is 6.07 Å². The molecular weight excluding hydrogens is 911 g/mol. The van der Waals surface area contributed by atoms with E-state index in [-0.39, 0.29) is 12.1 Å². The van der Waals surface area contributed by atoms with E-state index in [2.05, 4.69) is 83.3 Å². The lowest BCUT2D eigenvalue weighted by Crippen LogP contribution is -2.48. The zero-order valence-corrected chi connectivity index (χ0v) is 38.9. The van der Waals surface area contributed by atoms with E-state index < -0.39 is 0 Å². The summed E-state index contributed by atoms with van der Waals surface area (Å²) in [6, 6.07) is 44.4. The Labute approximate surface area is 400 Å². The van der Waals surface area contributed by atoms with Crippen molar-refractivity contribution in [3.8, 4) is 0 Å². The minimum Gasteiger partial charge on any atom is -0.368 e. The quantitative estimate of drug-likeness (QED) is 0.146. The van der Waals surface area contributed by atoms with Gasteiger partial charge in [0, 0.05) is 84.6 Å². The van der Waals surface area contributed by atoms with E-state index in [4.69, 9.17) is 76.2 Å². The molecular formula is C50H45Cl6N7. The van der Waals surface area contributed by atoms with Gasteiger partial charge in [-0.3, -0.25) is 14.8 Å². The highest BCUT2D eigenvalue weighted by molar-refractivity contribution is 6.37. The van der Waals surface area contributed by atoms with Gasteiger partial charge in [0.05, 0.1) is 46.6 Å². The number of halogens is 6. The van der Waals surface area contributed by atoms with Crippen LogP contribution >= 0.6 is 69.6 Å². The lowest BCUT2D eigenvalue weighted by Gasteiger charge is -2.43. The fourth-order valence-electron chi connectivity index (χ4n) is 8.46. The van der Waals surface area contributed by atoms with Crippen molar-refractivity contribution >= 4 is 92.5 Å². The van der Waals surface area contributed by atoms with Gasteiger partial charge in [-0.05, 0) is 82.9 Å². The minimum atomic E-state index is 0.136. The third-order valence-electron chi connectivity index (χ3n) is 11.7. The molecule has 3 aliphatic rings. The number of amidine groups is 1. The van der Waals surface area contributed by atoms with Gasteiger partial charge in [-0.1, -0.05) is 142 Å². The van der Waals surface area contributed by atoms with Gasteiger partial charge >= 0.3 is 0 Å². The number of hydrogen-bond acceptors (Lipinski definition) is 6. The highest BCUT2D eigenvalue weighted by Crippen LogP contribution is 2.39. The van der Waals surface area contributed by atoms with Gasteiger partial charge in [0.1, 0.15) is 5.84 Å². The number of piperazine rings is 2. The summed E-state index contributed by atoms with van der Waals surface area (Å²) in [5.74, 6) is 0.998. The molecule has 3 aliphatic heterocycles. The van der Waals surface area contributed by atoms with Gasteiger partial charge in [-0.15, -0.1) is 0 Å². The topological polar surface area (TPSA) is 41.7 Å². The van der Waals surface area contributed by atoms with Crippen molar-refractivity contribution in [1.29, 1.82) is 0 Å². The van der Waals surface area contributed by atoms with Crippen molar-refractivity contribution < 1.29 is 0 Å². The second kappa shape index (κ2) is 21.0. The second-order valence-electron chi connectivity index (χ2n) is 15.8. The Balaban J connectivity index is 0.000000174. The number of nitrogens with one attached hydrogen (secondary N) is 1. The summed E-state index contributed by atoms with van der Waals surface area (Å²) in [6.07, 6.45) is 0. The molecule has 0 amide bonds. The van der Waals surface area contributed by atoms with E-state index in [0.717, 1.165) is 98.3 Å². The summed E-state index contributed by atoms with van der Waals surface area (Å²) in [4.78, 5) is 17.6. The van der Waals surface area contributed by atoms with Crippen LogP contribution in [0.15, 0.2) is 138 Å². The first-order chi connectivity index (χ1) is 30.6. The molecule has 6 aromatic rings. The maximum Gasteiger partial charge on any atom is 0.187 e. The van der Waals surface area contributed by atoms with Gasteiger partial charge in [0.2, 0.25) is 0 Å². The smallest absolute Gasteiger partial charge is 0.187 e. The lowest BCUT2D eigenvalue weighted by atomic mass is 10.0. The molecule has 2 fully saturated rings. The number of nitrogens with zero attached hydrogens (tertiary/aromatic N) is 6. The average Bonchev–Trinajstić information content (AvgIpc) is 3.84. The molecule has 0 spiro atoms. The van der Waals surface area contributed by atoms with Crippen LogP contribution < -0.4 is 15.1 Å². The lowest BCUT2D eigenvalue weighted by molar-refractivity contribution is 0.215. The molecule has 7 nitrogen and oxygen atoms in total. The van der Waals surface area contributed by atoms with Crippen molar-refractivity contribution in [3.05, 3.63) is 203 Å². The van der Waals surface area contributed by atoms with Crippen molar-refractivity contribution in [2.24, 2.45) is 4.99 Å². The van der Waals surface area contributed by atoms with Crippen molar-refractivity contribution in [2.75, 3.05) is 62.2 Å². The van der Waals surface area contributed by atoms with Gasteiger partial charge in [-0.2, -0.15) is 0 Å². The Morgan fingerprint density at radius 3 is 1.40 bits per heavy atom. The Kier molecular flexibility index (Phi) is 15.1. The molecule has 0 radical (unpaired) electrons. The second-order valence-corrected chi connectivity index (χ2v) is 18.4. The van der Waals surface area contributed by atoms with Crippen LogP contribution in [0.25, 0.3) is 4.85 Å². The van der Waals surface area contributed by atoms with E-state index in [0.29, 0.717) is 25.8 Å². The first kappa shape index (κ1) is 45.1. The van der Waals surface area contributed by atoms with E-state index in [1.807, 2.05) is 78.9 Å². The number of benzene rings is 6. The van der Waals surface area contributed by atoms with Crippen LogP contribution in [0, 0.1) is 6.57 Å². The van der Waals surface area contributed by atoms with Gasteiger partial charge in [-0.25, -0.2) is 4.85 Å².